The molecule has 0 saturated carbocycles. The lowest BCUT2D eigenvalue weighted by Gasteiger charge is -2.33. The van der Waals surface area contributed by atoms with E-state index < -0.39 is 8.07 Å². The maximum absolute atomic E-state index is 5.84. The molecule has 17 heavy (non-hydrogen) atoms. The van der Waals surface area contributed by atoms with Crippen molar-refractivity contribution in [2.75, 3.05) is 7.11 Å². The van der Waals surface area contributed by atoms with E-state index in [4.69, 9.17) is 9.15 Å². The molecule has 98 valence electrons. The van der Waals surface area contributed by atoms with Gasteiger partial charge in [-0.05, 0) is 5.04 Å². The molecule has 1 aromatic heterocycles. The van der Waals surface area contributed by atoms with Crippen molar-refractivity contribution in [2.45, 2.75) is 58.7 Å². The van der Waals surface area contributed by atoms with Crippen LogP contribution in [0, 0.1) is 0 Å². The van der Waals surface area contributed by atoms with Crippen molar-refractivity contribution in [1.29, 1.82) is 0 Å². The minimum absolute atomic E-state index is 0.219. The molecule has 0 saturated heterocycles. The number of hydrogen-bond acceptors (Lipinski definition) is 3. The Hall–Kier alpha value is -0.773. The fraction of sp³-hybridized carbons (Fsp3) is 0.769. The molecule has 3 nitrogen and oxygen atoms in total. The Labute approximate surface area is 106 Å². The third-order valence-electron chi connectivity index (χ3n) is 3.76. The van der Waals surface area contributed by atoms with Crippen LogP contribution < -0.4 is 10.3 Å². The molecule has 0 aliphatic heterocycles. The predicted molar refractivity (Wildman–Crippen MR) is 74.0 cm³/mol. The Kier molecular flexibility index (Phi) is 3.77. The van der Waals surface area contributed by atoms with Crippen LogP contribution in [0.2, 0.25) is 18.1 Å². The highest BCUT2D eigenvalue weighted by molar-refractivity contribution is 6.90. The number of rotatable bonds is 3. The van der Waals surface area contributed by atoms with Gasteiger partial charge in [-0.15, -0.1) is 0 Å². The topological polar surface area (TPSA) is 35.3 Å². The second kappa shape index (κ2) is 4.48. The summed E-state index contributed by atoms with van der Waals surface area (Å²) >= 11 is 0. The summed E-state index contributed by atoms with van der Waals surface area (Å²) in [7, 11) is -0.0708. The number of hydrogen-bond donors (Lipinski definition) is 0. The quantitative estimate of drug-likeness (QED) is 0.775. The van der Waals surface area contributed by atoms with Gasteiger partial charge in [0.05, 0.1) is 7.11 Å². The Morgan fingerprint density at radius 2 is 1.76 bits per heavy atom. The molecule has 0 atom stereocenters. The van der Waals surface area contributed by atoms with Gasteiger partial charge in [0.1, 0.15) is 5.69 Å². The van der Waals surface area contributed by atoms with Crippen molar-refractivity contribution in [3.63, 3.8) is 0 Å². The maximum Gasteiger partial charge on any atom is 0.308 e. The van der Waals surface area contributed by atoms with Crippen LogP contribution in [-0.2, 0) is 0 Å². The molecule has 0 aliphatic carbocycles. The van der Waals surface area contributed by atoms with Crippen LogP contribution in [0.5, 0.6) is 5.95 Å². The smallest absolute Gasteiger partial charge is 0.308 e. The Balaban J connectivity index is 3.25. The molecule has 0 N–H and O–H groups in total. The first-order valence-electron chi connectivity index (χ1n) is 6.16. The van der Waals surface area contributed by atoms with E-state index in [9.17, 15) is 0 Å². The highest BCUT2D eigenvalue weighted by Gasteiger charge is 2.42. The van der Waals surface area contributed by atoms with Gasteiger partial charge in [0.25, 0.3) is 0 Å². The van der Waals surface area contributed by atoms with Gasteiger partial charge >= 0.3 is 5.95 Å². The first-order valence-corrected chi connectivity index (χ1v) is 9.16. The molecular weight excluding hydrogens is 230 g/mol. The number of aromatic nitrogens is 1. The molecule has 4 heteroatoms. The summed E-state index contributed by atoms with van der Waals surface area (Å²) in [6.45, 7) is 15.6. The Morgan fingerprint density at radius 3 is 2.06 bits per heavy atom. The summed E-state index contributed by atoms with van der Waals surface area (Å²) in [5.74, 6) is 0.909. The van der Waals surface area contributed by atoms with Gasteiger partial charge in [-0.3, -0.25) is 0 Å². The summed E-state index contributed by atoms with van der Waals surface area (Å²) in [4.78, 5) is 4.69. The van der Waals surface area contributed by atoms with Crippen molar-refractivity contribution in [3.05, 3.63) is 5.69 Å². The second-order valence-electron chi connectivity index (χ2n) is 6.43. The number of nitrogens with zero attached hydrogens (tertiary/aromatic N) is 1. The van der Waals surface area contributed by atoms with E-state index >= 15 is 0 Å². The van der Waals surface area contributed by atoms with E-state index in [2.05, 4.69) is 52.7 Å². The first kappa shape index (κ1) is 14.3. The number of oxazole rings is 1. The fourth-order valence-electron chi connectivity index (χ4n) is 1.42. The highest BCUT2D eigenvalue weighted by Crippen LogP contribution is 2.36. The normalized spacial score (nSPS) is 13.2. The second-order valence-corrected chi connectivity index (χ2v) is 11.6. The minimum atomic E-state index is -1.71. The van der Waals surface area contributed by atoms with E-state index in [0.29, 0.717) is 11.9 Å². The molecule has 1 aromatic rings. The van der Waals surface area contributed by atoms with Crippen LogP contribution in [0.15, 0.2) is 4.42 Å². The zero-order valence-corrected chi connectivity index (χ0v) is 13.3. The van der Waals surface area contributed by atoms with Crippen molar-refractivity contribution in [3.8, 4) is 5.95 Å². The van der Waals surface area contributed by atoms with Crippen molar-refractivity contribution < 1.29 is 9.15 Å². The lowest BCUT2D eigenvalue weighted by atomic mass is 10.1. The van der Waals surface area contributed by atoms with Gasteiger partial charge in [-0.1, -0.05) is 47.7 Å². The molecule has 0 bridgehead atoms. The van der Waals surface area contributed by atoms with Crippen LogP contribution in [-0.4, -0.2) is 20.2 Å². The fourth-order valence-corrected chi connectivity index (χ4v) is 2.81. The zero-order valence-electron chi connectivity index (χ0n) is 12.3. The standard InChI is InChI=1S/C13H25NO2Si/c1-9(2)10-11(15-6)16-12(14-10)17(7,8)13(3,4)5/h9H,1-8H3. The van der Waals surface area contributed by atoms with Crippen LogP contribution in [0.25, 0.3) is 0 Å². The van der Waals surface area contributed by atoms with E-state index in [1.54, 1.807) is 7.11 Å². The summed E-state index contributed by atoms with van der Waals surface area (Å²) in [6.07, 6.45) is 0. The van der Waals surface area contributed by atoms with Gasteiger partial charge in [0, 0.05) is 5.92 Å². The highest BCUT2D eigenvalue weighted by atomic mass is 28.3. The van der Waals surface area contributed by atoms with E-state index in [-0.39, 0.29) is 5.04 Å². The maximum atomic E-state index is 5.84. The number of methoxy groups -OCH3 is 1. The molecule has 0 spiro atoms. The Morgan fingerprint density at radius 1 is 1.24 bits per heavy atom. The first-order chi connectivity index (χ1) is 7.61. The lowest BCUT2D eigenvalue weighted by molar-refractivity contribution is 0.306. The monoisotopic (exact) mass is 255 g/mol. The molecule has 0 aromatic carbocycles. The van der Waals surface area contributed by atoms with Gasteiger partial charge in [0.2, 0.25) is 0 Å². The number of ether oxygens (including phenoxy) is 1. The average Bonchev–Trinajstić information content (AvgIpc) is 2.59. The molecule has 1 rings (SSSR count). The van der Waals surface area contributed by atoms with Gasteiger partial charge in [-0.25, -0.2) is 4.98 Å². The van der Waals surface area contributed by atoms with Crippen LogP contribution in [0.4, 0.5) is 0 Å². The van der Waals surface area contributed by atoms with Crippen molar-refractivity contribution >= 4 is 13.6 Å². The SMILES string of the molecule is COc1oc([Si](C)(C)C(C)(C)C)nc1C(C)C. The zero-order chi connectivity index (χ0) is 13.4. The van der Waals surface area contributed by atoms with Gasteiger partial charge < -0.3 is 9.15 Å². The summed E-state index contributed by atoms with van der Waals surface area (Å²) in [5, 5.41) is 0.219. The Bertz CT molecular complexity index is 389. The summed E-state index contributed by atoms with van der Waals surface area (Å²) in [6, 6.07) is 0. The summed E-state index contributed by atoms with van der Waals surface area (Å²) in [5.41, 5.74) is 1.83. The molecule has 0 fully saturated rings. The molecule has 0 radical (unpaired) electrons. The molecular formula is C13H25NO2Si. The molecule has 0 unspecified atom stereocenters. The van der Waals surface area contributed by atoms with E-state index in [1.807, 2.05) is 0 Å². The van der Waals surface area contributed by atoms with Crippen LogP contribution in [0.1, 0.15) is 46.2 Å². The van der Waals surface area contributed by atoms with E-state index in [0.717, 1.165) is 11.2 Å². The summed E-state index contributed by atoms with van der Waals surface area (Å²) < 4.78 is 11.1. The van der Waals surface area contributed by atoms with Crippen molar-refractivity contribution in [1.82, 2.24) is 4.98 Å². The average molecular weight is 255 g/mol. The van der Waals surface area contributed by atoms with Crippen LogP contribution in [0.3, 0.4) is 0 Å². The minimum Gasteiger partial charge on any atom is -0.467 e. The van der Waals surface area contributed by atoms with Gasteiger partial charge in [0.15, 0.2) is 13.6 Å². The van der Waals surface area contributed by atoms with Crippen LogP contribution >= 0.6 is 0 Å². The third kappa shape index (κ3) is 2.57. The predicted octanol–water partition coefficient (Wildman–Crippen LogP) is 3.52. The lowest BCUT2D eigenvalue weighted by Crippen LogP contribution is -2.50. The van der Waals surface area contributed by atoms with Gasteiger partial charge in [-0.2, -0.15) is 0 Å². The van der Waals surface area contributed by atoms with Crippen molar-refractivity contribution in [2.24, 2.45) is 0 Å². The van der Waals surface area contributed by atoms with E-state index in [1.165, 1.54) is 0 Å². The molecule has 0 amide bonds. The third-order valence-corrected chi connectivity index (χ3v) is 8.80. The molecule has 1 heterocycles. The molecule has 0 aliphatic rings. The largest absolute Gasteiger partial charge is 0.467 e.